The number of hydrogen-bond acceptors (Lipinski definition) is 2. The van der Waals surface area contributed by atoms with E-state index in [9.17, 15) is 0 Å². The molecule has 2 atom stereocenters. The van der Waals surface area contributed by atoms with Gasteiger partial charge in [0.2, 0.25) is 0 Å². The van der Waals surface area contributed by atoms with Gasteiger partial charge in [-0.3, -0.25) is 0 Å². The summed E-state index contributed by atoms with van der Waals surface area (Å²) in [5, 5.41) is 0.235. The van der Waals surface area contributed by atoms with Crippen LogP contribution >= 0.6 is 25.3 Å². The van der Waals surface area contributed by atoms with Crippen molar-refractivity contribution in [3.8, 4) is 0 Å². The Morgan fingerprint density at radius 1 is 0.588 bits per heavy atom. The predicted octanol–water partition coefficient (Wildman–Crippen LogP) is 4.33. The molecule has 0 bridgehead atoms. The molecule has 0 amide bonds. The molecule has 2 aromatic rings. The quantitative estimate of drug-likeness (QED) is 0.612. The molecule has 3 heteroatoms. The first-order valence-electron chi connectivity index (χ1n) is 5.25. The van der Waals surface area contributed by atoms with E-state index in [1.54, 1.807) is 0 Å². The standard InChI is InChI=1S/C14H14S2.Ni/c15-13(11-7-3-1-4-8-11)14(16)12-9-5-2-6-10-12;/h1-10,13-16H;. The van der Waals surface area contributed by atoms with Crippen LogP contribution in [0.3, 0.4) is 0 Å². The molecule has 0 nitrogen and oxygen atoms in total. The van der Waals surface area contributed by atoms with Gasteiger partial charge < -0.3 is 0 Å². The van der Waals surface area contributed by atoms with E-state index in [2.05, 4.69) is 49.5 Å². The third kappa shape index (κ3) is 3.81. The molecule has 92 valence electrons. The molecular weight excluding hydrogens is 291 g/mol. The van der Waals surface area contributed by atoms with Crippen molar-refractivity contribution in [1.29, 1.82) is 0 Å². The van der Waals surface area contributed by atoms with Crippen molar-refractivity contribution in [2.45, 2.75) is 10.5 Å². The fourth-order valence-corrected chi connectivity index (χ4v) is 2.35. The Hall–Kier alpha value is -0.366. The van der Waals surface area contributed by atoms with Crippen LogP contribution in [-0.2, 0) is 16.5 Å². The average Bonchev–Trinajstić information content (AvgIpc) is 2.39. The second kappa shape index (κ2) is 7.15. The minimum absolute atomic E-state index is 0. The first kappa shape index (κ1) is 14.7. The van der Waals surface area contributed by atoms with E-state index in [1.807, 2.05) is 36.4 Å². The van der Waals surface area contributed by atoms with Gasteiger partial charge in [0.1, 0.15) is 0 Å². The van der Waals surface area contributed by atoms with Gasteiger partial charge >= 0.3 is 0 Å². The molecule has 2 aromatic carbocycles. The Kier molecular flexibility index (Phi) is 6.18. The minimum atomic E-state index is 0. The number of thiol groups is 2. The molecular formula is C14H14NiS2. The Balaban J connectivity index is 0.00000144. The monoisotopic (exact) mass is 304 g/mol. The summed E-state index contributed by atoms with van der Waals surface area (Å²) in [5.74, 6) is 0. The Labute approximate surface area is 124 Å². The second-order valence-corrected chi connectivity index (χ2v) is 4.82. The van der Waals surface area contributed by atoms with Gasteiger partial charge in [0.15, 0.2) is 0 Å². The molecule has 0 fully saturated rings. The van der Waals surface area contributed by atoms with Crippen LogP contribution in [0, 0.1) is 0 Å². The van der Waals surface area contributed by atoms with E-state index in [0.29, 0.717) is 0 Å². The summed E-state index contributed by atoms with van der Waals surface area (Å²) < 4.78 is 0. The van der Waals surface area contributed by atoms with Gasteiger partial charge in [-0.25, -0.2) is 0 Å². The van der Waals surface area contributed by atoms with Crippen molar-refractivity contribution in [2.24, 2.45) is 0 Å². The summed E-state index contributed by atoms with van der Waals surface area (Å²) in [7, 11) is 0. The van der Waals surface area contributed by atoms with Gasteiger partial charge in [0.25, 0.3) is 0 Å². The minimum Gasteiger partial charge on any atom is -0.170 e. The normalized spacial score (nSPS) is 13.5. The summed E-state index contributed by atoms with van der Waals surface area (Å²) in [4.78, 5) is 0. The fourth-order valence-electron chi connectivity index (χ4n) is 1.67. The van der Waals surface area contributed by atoms with Crippen LogP contribution in [0.15, 0.2) is 60.7 Å². The Bertz CT molecular complexity index is 387. The Morgan fingerprint density at radius 3 is 1.18 bits per heavy atom. The summed E-state index contributed by atoms with van der Waals surface area (Å²) in [6, 6.07) is 20.5. The largest absolute Gasteiger partial charge is 0.170 e. The van der Waals surface area contributed by atoms with Crippen molar-refractivity contribution in [2.75, 3.05) is 0 Å². The van der Waals surface area contributed by atoms with Gasteiger partial charge in [0.05, 0.1) is 0 Å². The van der Waals surface area contributed by atoms with Crippen LogP contribution in [0.2, 0.25) is 0 Å². The summed E-state index contributed by atoms with van der Waals surface area (Å²) in [6.07, 6.45) is 0. The third-order valence-electron chi connectivity index (χ3n) is 2.58. The molecule has 0 heterocycles. The van der Waals surface area contributed by atoms with Crippen molar-refractivity contribution in [1.82, 2.24) is 0 Å². The number of benzene rings is 2. The summed E-state index contributed by atoms with van der Waals surface area (Å²) in [6.45, 7) is 0. The smallest absolute Gasteiger partial charge is 0.0424 e. The first-order chi connectivity index (χ1) is 7.79. The molecule has 0 saturated carbocycles. The van der Waals surface area contributed by atoms with Crippen LogP contribution < -0.4 is 0 Å². The van der Waals surface area contributed by atoms with Gasteiger partial charge in [-0.1, -0.05) is 60.7 Å². The van der Waals surface area contributed by atoms with Crippen molar-refractivity contribution < 1.29 is 16.5 Å². The van der Waals surface area contributed by atoms with Crippen LogP contribution in [0.25, 0.3) is 0 Å². The average molecular weight is 305 g/mol. The van der Waals surface area contributed by atoms with E-state index in [4.69, 9.17) is 0 Å². The van der Waals surface area contributed by atoms with Crippen LogP contribution in [0.1, 0.15) is 21.6 Å². The van der Waals surface area contributed by atoms with Gasteiger partial charge in [-0.15, -0.1) is 0 Å². The molecule has 0 spiro atoms. The van der Waals surface area contributed by atoms with Gasteiger partial charge in [-0.2, -0.15) is 25.3 Å². The molecule has 2 rings (SSSR count). The van der Waals surface area contributed by atoms with E-state index >= 15 is 0 Å². The molecule has 0 aliphatic rings. The molecule has 0 radical (unpaired) electrons. The van der Waals surface area contributed by atoms with E-state index in [-0.39, 0.29) is 27.0 Å². The zero-order valence-electron chi connectivity index (χ0n) is 9.14. The van der Waals surface area contributed by atoms with Gasteiger partial charge in [-0.05, 0) is 11.1 Å². The maximum atomic E-state index is 4.65. The molecule has 0 aromatic heterocycles. The molecule has 0 aliphatic carbocycles. The molecule has 0 N–H and O–H groups in total. The number of hydrogen-bond donors (Lipinski definition) is 2. The molecule has 0 saturated heterocycles. The Morgan fingerprint density at radius 2 is 0.882 bits per heavy atom. The third-order valence-corrected chi connectivity index (χ3v) is 4.01. The molecule has 17 heavy (non-hydrogen) atoms. The topological polar surface area (TPSA) is 0 Å². The predicted molar refractivity (Wildman–Crippen MR) is 76.3 cm³/mol. The SMILES string of the molecule is SC(c1ccccc1)C(S)c1ccccc1.[Ni]. The maximum absolute atomic E-state index is 4.65. The van der Waals surface area contributed by atoms with Crippen molar-refractivity contribution >= 4 is 25.3 Å². The summed E-state index contributed by atoms with van der Waals surface area (Å²) >= 11 is 9.30. The molecule has 2 unspecified atom stereocenters. The number of rotatable bonds is 3. The summed E-state index contributed by atoms with van der Waals surface area (Å²) in [5.41, 5.74) is 2.41. The van der Waals surface area contributed by atoms with Crippen molar-refractivity contribution in [3.63, 3.8) is 0 Å². The maximum Gasteiger partial charge on any atom is 0.0424 e. The van der Waals surface area contributed by atoms with Crippen LogP contribution in [-0.4, -0.2) is 0 Å². The fraction of sp³-hybridized carbons (Fsp3) is 0.143. The van der Waals surface area contributed by atoms with E-state index in [0.717, 1.165) is 0 Å². The zero-order valence-corrected chi connectivity index (χ0v) is 11.9. The zero-order chi connectivity index (χ0) is 11.4. The van der Waals surface area contributed by atoms with Crippen molar-refractivity contribution in [3.05, 3.63) is 71.8 Å². The van der Waals surface area contributed by atoms with Gasteiger partial charge in [0, 0.05) is 27.0 Å². The molecule has 0 aliphatic heterocycles. The van der Waals surface area contributed by atoms with Crippen LogP contribution in [0.4, 0.5) is 0 Å². The second-order valence-electron chi connectivity index (χ2n) is 3.71. The first-order valence-corrected chi connectivity index (χ1v) is 6.28. The van der Waals surface area contributed by atoms with E-state index in [1.165, 1.54) is 11.1 Å². The van der Waals surface area contributed by atoms with E-state index < -0.39 is 0 Å². The van der Waals surface area contributed by atoms with Crippen LogP contribution in [0.5, 0.6) is 0 Å².